The van der Waals surface area contributed by atoms with Crippen LogP contribution in [0.25, 0.3) is 21.9 Å². The van der Waals surface area contributed by atoms with Gasteiger partial charge in [0, 0.05) is 31.2 Å². The molecule has 314 valence electrons. The van der Waals surface area contributed by atoms with Crippen molar-refractivity contribution in [1.29, 1.82) is 0 Å². The monoisotopic (exact) mass is 800 g/mol. The molecule has 1 atom stereocenters. The molecule has 3 aromatic carbocycles. The van der Waals surface area contributed by atoms with Crippen molar-refractivity contribution in [3.8, 4) is 16.9 Å². The second-order valence-corrected chi connectivity index (χ2v) is 14.4. The maximum absolute atomic E-state index is 12.8. The van der Waals surface area contributed by atoms with Gasteiger partial charge in [0.2, 0.25) is 11.8 Å². The summed E-state index contributed by atoms with van der Waals surface area (Å²) in [6.07, 6.45) is 4.17. The number of ether oxygens (including phenoxy) is 5. The summed E-state index contributed by atoms with van der Waals surface area (Å²) in [5.41, 5.74) is 3.66. The highest BCUT2D eigenvalue weighted by atomic mass is 16.6. The number of rotatable bonds is 29. The molecule has 0 saturated carbocycles. The van der Waals surface area contributed by atoms with Gasteiger partial charge >= 0.3 is 5.97 Å². The quantitative estimate of drug-likeness (QED) is 0.0430. The minimum absolute atomic E-state index is 0.243. The minimum Gasteiger partial charge on any atom is -0.491 e. The summed E-state index contributed by atoms with van der Waals surface area (Å²) in [7, 11) is 0. The van der Waals surface area contributed by atoms with E-state index in [2.05, 4.69) is 34.8 Å². The number of fused-ring (bicyclic) bond motifs is 1. The van der Waals surface area contributed by atoms with Crippen molar-refractivity contribution in [2.24, 2.45) is 5.92 Å². The zero-order valence-corrected chi connectivity index (χ0v) is 34.1. The van der Waals surface area contributed by atoms with Crippen LogP contribution in [0, 0.1) is 12.8 Å². The van der Waals surface area contributed by atoms with E-state index in [-0.39, 0.29) is 25.3 Å². The van der Waals surface area contributed by atoms with E-state index in [4.69, 9.17) is 23.7 Å². The molecule has 13 heteroatoms. The summed E-state index contributed by atoms with van der Waals surface area (Å²) in [4.78, 5) is 41.2. The van der Waals surface area contributed by atoms with E-state index in [1.807, 2.05) is 79.7 Å². The highest BCUT2D eigenvalue weighted by Gasteiger charge is 2.19. The first-order valence-electron chi connectivity index (χ1n) is 20.2. The molecule has 4 N–H and O–H groups in total. The Morgan fingerprint density at radius 3 is 2.05 bits per heavy atom. The number of unbranched alkanes of at least 4 members (excludes halogenated alkanes) is 1. The summed E-state index contributed by atoms with van der Waals surface area (Å²) < 4.78 is 28.4. The Morgan fingerprint density at radius 1 is 0.741 bits per heavy atom. The molecule has 58 heavy (non-hydrogen) atoms. The van der Waals surface area contributed by atoms with Crippen LogP contribution in [0.2, 0.25) is 0 Å². The van der Waals surface area contributed by atoms with Crippen molar-refractivity contribution in [3.05, 3.63) is 90.1 Å². The van der Waals surface area contributed by atoms with Gasteiger partial charge in [-0.3, -0.25) is 14.4 Å². The largest absolute Gasteiger partial charge is 0.491 e. The van der Waals surface area contributed by atoms with Gasteiger partial charge in [0.05, 0.1) is 65.3 Å². The molecular weight excluding hydrogens is 741 g/mol. The van der Waals surface area contributed by atoms with E-state index in [1.165, 1.54) is 0 Å². The summed E-state index contributed by atoms with van der Waals surface area (Å²) >= 11 is 0. The van der Waals surface area contributed by atoms with Crippen molar-refractivity contribution >= 4 is 34.4 Å². The zero-order chi connectivity index (χ0) is 41.4. The predicted octanol–water partition coefficient (Wildman–Crippen LogP) is 6.73. The molecule has 0 saturated heterocycles. The number of hydrogen-bond donors (Lipinski definition) is 4. The van der Waals surface area contributed by atoms with E-state index in [0.29, 0.717) is 77.3 Å². The van der Waals surface area contributed by atoms with E-state index in [0.717, 1.165) is 58.5 Å². The van der Waals surface area contributed by atoms with Gasteiger partial charge in [-0.2, -0.15) is 0 Å². The highest BCUT2D eigenvalue weighted by Crippen LogP contribution is 2.35. The fourth-order valence-electron chi connectivity index (χ4n) is 6.03. The summed E-state index contributed by atoms with van der Waals surface area (Å²) in [6, 6.07) is 22.5. The minimum atomic E-state index is -1.05. The number of nitrogens with one attached hydrogen (secondary N) is 3. The lowest BCUT2D eigenvalue weighted by molar-refractivity contribution is -0.138. The number of carboxylic acids is 1. The molecule has 13 nitrogen and oxygen atoms in total. The molecule has 4 rings (SSSR count). The molecule has 0 unspecified atom stereocenters. The smallest absolute Gasteiger partial charge is 0.305 e. The van der Waals surface area contributed by atoms with Crippen molar-refractivity contribution in [3.63, 3.8) is 0 Å². The van der Waals surface area contributed by atoms with Gasteiger partial charge in [-0.25, -0.2) is 4.98 Å². The van der Waals surface area contributed by atoms with Gasteiger partial charge in [-0.05, 0) is 77.9 Å². The Bertz CT molecular complexity index is 1840. The molecular formula is C45H60N4O9. The number of carbonyl (C=O) groups is 3. The Hall–Kier alpha value is -5.08. The van der Waals surface area contributed by atoms with Crippen molar-refractivity contribution in [2.75, 3.05) is 77.9 Å². The molecule has 2 amide bonds. The van der Waals surface area contributed by atoms with Crippen LogP contribution in [-0.2, 0) is 33.3 Å². The normalized spacial score (nSPS) is 11.7. The lowest BCUT2D eigenvalue weighted by Gasteiger charge is -2.19. The van der Waals surface area contributed by atoms with Crippen molar-refractivity contribution in [1.82, 2.24) is 15.6 Å². The number of benzene rings is 3. The van der Waals surface area contributed by atoms with Crippen LogP contribution in [0.4, 0.5) is 5.82 Å². The third-order valence-electron chi connectivity index (χ3n) is 9.16. The molecule has 0 aliphatic carbocycles. The van der Waals surface area contributed by atoms with Crippen LogP contribution in [-0.4, -0.2) is 100 Å². The van der Waals surface area contributed by atoms with E-state index in [1.54, 1.807) is 6.20 Å². The first kappa shape index (κ1) is 45.6. The second-order valence-electron chi connectivity index (χ2n) is 14.4. The van der Waals surface area contributed by atoms with E-state index >= 15 is 0 Å². The van der Waals surface area contributed by atoms with Crippen LogP contribution >= 0.6 is 0 Å². The van der Waals surface area contributed by atoms with Crippen molar-refractivity contribution < 1.29 is 43.2 Å². The zero-order valence-electron chi connectivity index (χ0n) is 34.1. The van der Waals surface area contributed by atoms with Gasteiger partial charge in [-0.1, -0.05) is 68.4 Å². The Morgan fingerprint density at radius 2 is 1.40 bits per heavy atom. The lowest BCUT2D eigenvalue weighted by atomic mass is 9.95. The van der Waals surface area contributed by atoms with Crippen LogP contribution in [0.1, 0.15) is 63.1 Å². The maximum Gasteiger partial charge on any atom is 0.305 e. The van der Waals surface area contributed by atoms with Gasteiger partial charge in [-0.15, -0.1) is 0 Å². The third-order valence-corrected chi connectivity index (χ3v) is 9.16. The number of carbonyl (C=O) groups excluding carboxylic acids is 2. The number of nitrogens with zero attached hydrogens (tertiary/aromatic N) is 1. The number of carboxylic acid groups (broad SMARTS) is 1. The highest BCUT2D eigenvalue weighted by molar-refractivity contribution is 6.00. The number of pyridine rings is 1. The number of aryl methyl sites for hydroxylation is 1. The molecule has 0 bridgehead atoms. The number of aromatic nitrogens is 1. The topological polar surface area (TPSA) is 167 Å². The molecule has 0 aliphatic rings. The maximum atomic E-state index is 12.8. The number of aliphatic carboxylic acids is 1. The van der Waals surface area contributed by atoms with Gasteiger partial charge in [0.15, 0.2) is 0 Å². The van der Waals surface area contributed by atoms with Crippen LogP contribution < -0.4 is 20.7 Å². The van der Waals surface area contributed by atoms with Crippen LogP contribution in [0.15, 0.2) is 79.0 Å². The standard InChI is InChI=1S/C45H60N4O9/c1-33(2)18-21-54-22-23-55-24-25-56-26-27-57-28-29-58-41-16-15-37(38-8-4-5-9-39(38)41)35-11-13-36(14-12-35)40(31-45(52)53)49-44(51)32-48-43(50)10-6-7-19-46-42-30-34(3)17-20-47-42/h4-5,8-9,11-17,20,30,33,40H,6-7,10,18-19,21-29,31-32H2,1-3H3,(H,46,47)(H,48,50)(H,49,51)(H,52,53)/t40-/m0/s1. The Balaban J connectivity index is 1.18. The van der Waals surface area contributed by atoms with Gasteiger partial charge < -0.3 is 44.7 Å². The molecule has 1 aromatic heterocycles. The number of hydrogen-bond acceptors (Lipinski definition) is 10. The van der Waals surface area contributed by atoms with Crippen LogP contribution in [0.5, 0.6) is 5.75 Å². The average Bonchev–Trinajstić information content (AvgIpc) is 3.21. The number of amides is 2. The molecule has 0 radical (unpaired) electrons. The summed E-state index contributed by atoms with van der Waals surface area (Å²) in [5.74, 6) is 0.414. The number of anilines is 1. The lowest BCUT2D eigenvalue weighted by Crippen LogP contribution is -2.39. The first-order chi connectivity index (χ1) is 28.2. The molecule has 4 aromatic rings. The van der Waals surface area contributed by atoms with Crippen molar-refractivity contribution in [2.45, 2.75) is 58.9 Å². The molecule has 0 fully saturated rings. The molecule has 0 aliphatic heterocycles. The third kappa shape index (κ3) is 17.2. The predicted molar refractivity (Wildman–Crippen MR) is 225 cm³/mol. The first-order valence-corrected chi connectivity index (χ1v) is 20.2. The fraction of sp³-hybridized carbons (Fsp3) is 0.467. The Labute approximate surface area is 342 Å². The molecule has 0 spiro atoms. The van der Waals surface area contributed by atoms with E-state index < -0.39 is 17.9 Å². The SMILES string of the molecule is Cc1ccnc(NCCCCC(=O)NCC(=O)N[C@@H](CC(=O)O)c2ccc(-c3ccc(OCCOCCOCCOCCOCCC(C)C)c4ccccc34)cc2)c1. The fourth-order valence-corrected chi connectivity index (χ4v) is 6.03. The van der Waals surface area contributed by atoms with Gasteiger partial charge in [0.1, 0.15) is 18.2 Å². The summed E-state index contributed by atoms with van der Waals surface area (Å²) in [5, 5.41) is 20.2. The van der Waals surface area contributed by atoms with Gasteiger partial charge in [0.25, 0.3) is 0 Å². The second kappa shape index (κ2) is 26.0. The Kier molecular flexibility index (Phi) is 20.5. The van der Waals surface area contributed by atoms with Crippen LogP contribution in [0.3, 0.4) is 0 Å². The molecule has 1 heterocycles. The van der Waals surface area contributed by atoms with E-state index in [9.17, 15) is 19.5 Å². The average molecular weight is 801 g/mol. The summed E-state index contributed by atoms with van der Waals surface area (Å²) in [6.45, 7) is 11.4.